The third-order valence-corrected chi connectivity index (χ3v) is 16.5. The first kappa shape index (κ1) is 80.2. The predicted molar refractivity (Wildman–Crippen MR) is 426 cm³/mol. The van der Waals surface area contributed by atoms with E-state index in [1.807, 2.05) is 4.57 Å². The quantitative estimate of drug-likeness (QED) is 0.00823. The van der Waals surface area contributed by atoms with Crippen LogP contribution >= 0.6 is 50.7 Å². The molecule has 0 atom stereocenters. The number of nitrogens with zero attached hydrogens (tertiary/aromatic N) is 24. The van der Waals surface area contributed by atoms with Gasteiger partial charge >= 0.3 is 0 Å². The summed E-state index contributed by atoms with van der Waals surface area (Å²) >= 11 is 19.3. The van der Waals surface area contributed by atoms with Crippen LogP contribution in [0.2, 0.25) is 0 Å². The van der Waals surface area contributed by atoms with Crippen LogP contribution in [-0.2, 0) is 63.7 Å². The summed E-state index contributed by atoms with van der Waals surface area (Å²) in [5.41, 5.74) is 53.0. The summed E-state index contributed by atoms with van der Waals surface area (Å²) in [5, 5.41) is 13.1. The van der Waals surface area contributed by atoms with Gasteiger partial charge in [-0.05, 0) is 29.8 Å². The molecule has 0 aliphatic carbocycles. The number of rotatable bonds is 26. The number of aromatic nitrogens is 22. The fourth-order valence-corrected chi connectivity index (χ4v) is 11.5. The molecule has 0 saturated heterocycles. The molecular weight excluding hydrogens is 1530 g/mol. The Morgan fingerprint density at radius 3 is 1.20 bits per heavy atom. The summed E-state index contributed by atoms with van der Waals surface area (Å²) in [6.07, 6.45) is 15.0. The number of halogens is 4. The number of H-pyrrole nitrogens is 1. The molecule has 4 aromatic carbocycles. The van der Waals surface area contributed by atoms with Gasteiger partial charge in [-0.2, -0.15) is 0 Å². The Balaban J connectivity index is 0.000000142. The van der Waals surface area contributed by atoms with E-state index in [0.717, 1.165) is 31.5 Å². The molecule has 0 fully saturated rings. The van der Waals surface area contributed by atoms with E-state index in [0.29, 0.717) is 163 Å². The van der Waals surface area contributed by atoms with Crippen molar-refractivity contribution in [2.75, 3.05) is 111 Å². The summed E-state index contributed by atoms with van der Waals surface area (Å²) < 4.78 is 38.0. The van der Waals surface area contributed by atoms with E-state index in [1.54, 1.807) is 39.0 Å². The van der Waals surface area contributed by atoms with E-state index in [9.17, 15) is 0 Å². The molecule has 0 bridgehead atoms. The lowest BCUT2D eigenvalue weighted by Gasteiger charge is -2.10. The van der Waals surface area contributed by atoms with Gasteiger partial charge in [-0.25, -0.2) is 74.8 Å². The van der Waals surface area contributed by atoms with Gasteiger partial charge in [-0.3, -0.25) is 18.3 Å². The topological polar surface area (TPSA) is 502 Å². The lowest BCUT2D eigenvalue weighted by molar-refractivity contribution is 0.0811. The van der Waals surface area contributed by atoms with Gasteiger partial charge in [-0.1, -0.05) is 105 Å². The SMILES string of the molecule is BrCCn1c2ccccc2c2ccccc21.ClCCOCCl.NCCOCn1cnc2c(N)ncnc21.Nc1ncnc2c1ncn2COCCCl.Nc1ncnc2c1ncn2COCCNCCn1c2ccccc2c2ccccc21.Nc1ncnc2nc[nH]c12.[N-]=[N+]=NCCOCn1cnc2c(N)ncnc21. The highest BCUT2D eigenvalue weighted by molar-refractivity contribution is 9.09. The van der Waals surface area contributed by atoms with E-state index < -0.39 is 0 Å². The second kappa shape index (κ2) is 42.2. The van der Waals surface area contributed by atoms with Gasteiger partial charge in [0.2, 0.25) is 0 Å². The first-order valence-corrected chi connectivity index (χ1v) is 36.2. The van der Waals surface area contributed by atoms with Gasteiger partial charge in [0.15, 0.2) is 57.3 Å². The van der Waals surface area contributed by atoms with Crippen LogP contribution < -0.4 is 39.7 Å². The highest BCUT2D eigenvalue weighted by Gasteiger charge is 2.14. The van der Waals surface area contributed by atoms with Crippen LogP contribution in [0.5, 0.6) is 0 Å². The maximum absolute atomic E-state index is 8.08. The van der Waals surface area contributed by atoms with Crippen molar-refractivity contribution in [2.45, 2.75) is 40.0 Å². The van der Waals surface area contributed by atoms with E-state index in [2.05, 4.69) is 222 Å². The van der Waals surface area contributed by atoms with Crippen molar-refractivity contribution in [3.8, 4) is 0 Å². The molecule has 0 aliphatic rings. The maximum atomic E-state index is 8.08. The van der Waals surface area contributed by atoms with E-state index in [1.165, 1.54) is 81.6 Å². The van der Waals surface area contributed by atoms with Crippen molar-refractivity contribution >= 4 is 179 Å². The summed E-state index contributed by atoms with van der Waals surface area (Å²) in [6.45, 7) is 8.16. The largest absolute Gasteiger partial charge is 0.382 e. The molecule has 16 aromatic rings. The number of fused-ring (bicyclic) bond motifs is 11. The monoisotopic (exact) mass is 1610 g/mol. The number of para-hydroxylation sites is 4. The Kier molecular flexibility index (Phi) is 31.1. The van der Waals surface area contributed by atoms with Crippen LogP contribution in [0.1, 0.15) is 0 Å². The van der Waals surface area contributed by atoms with Crippen LogP contribution in [0.15, 0.2) is 165 Å². The molecule has 12 aromatic heterocycles. The molecule has 0 amide bonds. The molecule has 41 heteroatoms. The van der Waals surface area contributed by atoms with Crippen molar-refractivity contribution in [1.29, 1.82) is 0 Å². The van der Waals surface area contributed by atoms with Crippen LogP contribution in [0.3, 0.4) is 0 Å². The first-order chi connectivity index (χ1) is 53.5. The second-order valence-corrected chi connectivity index (χ2v) is 24.3. The average Bonchev–Trinajstić information content (AvgIpc) is 1.61. The number of aromatic amines is 1. The lowest BCUT2D eigenvalue weighted by Crippen LogP contribution is -2.24. The fraction of sp³-hybridized carbons (Fsp3) is 0.279. The molecule has 37 nitrogen and oxygen atoms in total. The zero-order chi connectivity index (χ0) is 76.5. The molecule has 0 saturated carbocycles. The highest BCUT2D eigenvalue weighted by atomic mass is 79.9. The Bertz CT molecular complexity index is 5340. The maximum Gasteiger partial charge on any atom is 0.182 e. The first-order valence-electron chi connectivity index (χ1n) is 33.5. The van der Waals surface area contributed by atoms with Gasteiger partial charge in [0.25, 0.3) is 0 Å². The second-order valence-electron chi connectivity index (χ2n) is 22.5. The van der Waals surface area contributed by atoms with E-state index in [4.69, 9.17) is 93.7 Å². The van der Waals surface area contributed by atoms with Gasteiger partial charge < -0.3 is 77.5 Å². The molecule has 0 unspecified atom stereocenters. The minimum Gasteiger partial charge on any atom is -0.382 e. The Labute approximate surface area is 644 Å². The van der Waals surface area contributed by atoms with Crippen LogP contribution in [0, 0.1) is 0 Å². The van der Waals surface area contributed by atoms with E-state index >= 15 is 0 Å². The van der Waals surface area contributed by atoms with E-state index in [-0.39, 0.29) is 12.8 Å². The Morgan fingerprint density at radius 2 is 0.817 bits per heavy atom. The molecule has 0 spiro atoms. The summed E-state index contributed by atoms with van der Waals surface area (Å²) in [4.78, 5) is 65.4. The number of nitrogens with two attached hydrogens (primary N) is 6. The van der Waals surface area contributed by atoms with Crippen molar-refractivity contribution in [3.63, 3.8) is 0 Å². The minimum absolute atomic E-state index is 0.243. The fourth-order valence-electron chi connectivity index (χ4n) is 10.8. The third kappa shape index (κ3) is 21.3. The number of azide groups is 1. The zero-order valence-corrected chi connectivity index (χ0v) is 62.6. The van der Waals surface area contributed by atoms with Crippen LogP contribution in [0.4, 0.5) is 29.1 Å². The highest BCUT2D eigenvalue weighted by Crippen LogP contribution is 2.30. The number of hydrogen-bond acceptors (Lipinski definition) is 28. The number of imidazole rings is 5. The number of aryl methyl sites for hydroxylation is 1. The smallest absolute Gasteiger partial charge is 0.182 e. The standard InChI is InChI=1S/C22H23N7O.C14H12BrN.C8H10ClN5O.C8H10N8O.C8H12N6O.C5H5N5.C3H6Cl2O/c23-21-20-22(26-13-25-21)28(14-27-20)15-30-12-10-24-9-11-29-18-7-3-1-5-16(18)17-6-2-4-8-19(17)29;15-9-10-16-13-7-3-1-5-11(13)12-6-2-4-8-14(12)16;9-1-2-15-5-14-4-13-6-7(10)11-3-12-8(6)14;9-7-6-8(12-3-11-7)16(4-13-6)5-17-2-1-14-15-10;9-1-2-15-5-14-4-13-6-7(10)11-3-12-8(6)14;6-4-3-5(9-1-7-3)10-2-8-4;4-1-2-6-3-5/h1-8,13-14,24H,9-12,15H2,(H2,23,25,26);1-8H,9-10H2;3-4H,1-2,5H2,(H2,10,11,12);3-4H,1-2,5H2,(H2,9,11,12);3-4H,1-2,5,9H2,(H2,10,11,12);1-2H,(H3,6,7,8,9,10);1-3H2. The number of ether oxygens (including phenoxy) is 5. The van der Waals surface area contributed by atoms with Gasteiger partial charge in [0, 0.05) is 105 Å². The summed E-state index contributed by atoms with van der Waals surface area (Å²) in [5.74, 6) is 2.88. The zero-order valence-electron chi connectivity index (χ0n) is 58.7. The molecular formula is C68H78BrCl3N32O5. The number of nitrogen functional groups attached to an aromatic ring is 5. The van der Waals surface area contributed by atoms with Crippen LogP contribution in [0.25, 0.3) is 110 Å². The Hall–Kier alpha value is -11.4. The van der Waals surface area contributed by atoms with Crippen molar-refractivity contribution in [1.82, 2.24) is 112 Å². The number of hydrogen-bond donors (Lipinski definition) is 8. The number of alkyl halides is 4. The van der Waals surface area contributed by atoms with Gasteiger partial charge in [0.1, 0.15) is 92.2 Å². The van der Waals surface area contributed by atoms with Crippen molar-refractivity contribution < 1.29 is 23.7 Å². The number of nitrogens with one attached hydrogen (secondary N) is 2. The van der Waals surface area contributed by atoms with Crippen molar-refractivity contribution in [2.24, 2.45) is 10.8 Å². The molecule has 568 valence electrons. The predicted octanol–water partition coefficient (Wildman–Crippen LogP) is 9.00. The Morgan fingerprint density at radius 1 is 0.440 bits per heavy atom. The van der Waals surface area contributed by atoms with Crippen LogP contribution in [-0.4, -0.2) is 190 Å². The third-order valence-electron chi connectivity index (χ3n) is 15.7. The average molecular weight is 1610 g/mol. The van der Waals surface area contributed by atoms with Gasteiger partial charge in [-0.15, -0.1) is 23.2 Å². The number of benzene rings is 4. The molecule has 12 heterocycles. The summed E-state index contributed by atoms with van der Waals surface area (Å²) in [7, 11) is 0. The molecule has 0 radical (unpaired) electrons. The minimum atomic E-state index is 0.243. The van der Waals surface area contributed by atoms with Gasteiger partial charge in [0.05, 0.1) is 64.7 Å². The van der Waals surface area contributed by atoms with Crippen molar-refractivity contribution in [3.05, 3.63) is 171 Å². The summed E-state index contributed by atoms with van der Waals surface area (Å²) in [6, 6.07) is 34.6. The molecule has 16 rings (SSSR count). The number of anilines is 5. The molecule has 14 N–H and O–H groups in total. The normalized spacial score (nSPS) is 11.0. The molecule has 0 aliphatic heterocycles. The molecule has 109 heavy (non-hydrogen) atoms. The lowest BCUT2D eigenvalue weighted by atomic mass is 10.2.